The van der Waals surface area contributed by atoms with Crippen molar-refractivity contribution in [3.63, 3.8) is 0 Å². The molecule has 1 aromatic rings. The number of halogens is 1. The molecule has 0 heterocycles. The van der Waals surface area contributed by atoms with Crippen molar-refractivity contribution < 1.29 is 19.4 Å². The van der Waals surface area contributed by atoms with Crippen LogP contribution in [0.3, 0.4) is 0 Å². The van der Waals surface area contributed by atoms with Gasteiger partial charge in [-0.15, -0.1) is 0 Å². The SMILES string of the molecule is CCOC(=O)C(=Cc1ccccc1Br)C(=O)O. The normalized spacial score (nSPS) is 11.1. The first kappa shape index (κ1) is 13.4. The third kappa shape index (κ3) is 3.71. The number of rotatable bonds is 4. The summed E-state index contributed by atoms with van der Waals surface area (Å²) >= 11 is 3.27. The zero-order valence-electron chi connectivity index (χ0n) is 9.14. The Morgan fingerprint density at radius 1 is 1.41 bits per heavy atom. The summed E-state index contributed by atoms with van der Waals surface area (Å²) in [4.78, 5) is 22.4. The maximum Gasteiger partial charge on any atom is 0.345 e. The summed E-state index contributed by atoms with van der Waals surface area (Å²) in [5, 5.41) is 8.94. The van der Waals surface area contributed by atoms with Crippen LogP contribution in [-0.2, 0) is 14.3 Å². The highest BCUT2D eigenvalue weighted by Gasteiger charge is 2.18. The van der Waals surface area contributed by atoms with E-state index in [0.717, 1.165) is 0 Å². The van der Waals surface area contributed by atoms with E-state index in [1.54, 1.807) is 31.2 Å². The second-order valence-electron chi connectivity index (χ2n) is 3.11. The van der Waals surface area contributed by atoms with Crippen LogP contribution in [0.15, 0.2) is 34.3 Å². The van der Waals surface area contributed by atoms with E-state index in [1.807, 2.05) is 0 Å². The minimum Gasteiger partial charge on any atom is -0.477 e. The van der Waals surface area contributed by atoms with Crippen molar-refractivity contribution in [2.24, 2.45) is 0 Å². The van der Waals surface area contributed by atoms with Crippen molar-refractivity contribution in [1.29, 1.82) is 0 Å². The fraction of sp³-hybridized carbons (Fsp3) is 0.167. The van der Waals surface area contributed by atoms with Crippen LogP contribution < -0.4 is 0 Å². The van der Waals surface area contributed by atoms with E-state index in [9.17, 15) is 9.59 Å². The maximum atomic E-state index is 11.4. The summed E-state index contributed by atoms with van der Waals surface area (Å²) in [6, 6.07) is 7.01. The van der Waals surface area contributed by atoms with E-state index in [2.05, 4.69) is 20.7 Å². The van der Waals surface area contributed by atoms with Gasteiger partial charge in [0.15, 0.2) is 0 Å². The van der Waals surface area contributed by atoms with Gasteiger partial charge in [-0.1, -0.05) is 34.1 Å². The summed E-state index contributed by atoms with van der Waals surface area (Å²) in [7, 11) is 0. The molecule has 17 heavy (non-hydrogen) atoms. The van der Waals surface area contributed by atoms with Crippen LogP contribution in [0.2, 0.25) is 0 Å². The van der Waals surface area contributed by atoms with Crippen LogP contribution in [0, 0.1) is 0 Å². The van der Waals surface area contributed by atoms with E-state index in [1.165, 1.54) is 6.08 Å². The van der Waals surface area contributed by atoms with E-state index >= 15 is 0 Å². The number of carboxylic acid groups (broad SMARTS) is 1. The third-order valence-electron chi connectivity index (χ3n) is 1.93. The largest absolute Gasteiger partial charge is 0.477 e. The van der Waals surface area contributed by atoms with Gasteiger partial charge in [-0.25, -0.2) is 9.59 Å². The molecule has 4 nitrogen and oxygen atoms in total. The molecule has 0 saturated heterocycles. The average Bonchev–Trinajstić information content (AvgIpc) is 2.27. The first-order valence-corrected chi connectivity index (χ1v) is 5.72. The summed E-state index contributed by atoms with van der Waals surface area (Å²) in [5.41, 5.74) is 0.219. The fourth-order valence-corrected chi connectivity index (χ4v) is 1.56. The minimum absolute atomic E-state index is 0.138. The Kier molecular flexibility index (Phi) is 4.90. The number of hydrogen-bond donors (Lipinski definition) is 1. The second kappa shape index (κ2) is 6.20. The Morgan fingerprint density at radius 2 is 2.06 bits per heavy atom. The Balaban J connectivity index is 3.11. The smallest absolute Gasteiger partial charge is 0.345 e. The van der Waals surface area contributed by atoms with Crippen LogP contribution in [0.1, 0.15) is 12.5 Å². The molecule has 0 amide bonds. The zero-order chi connectivity index (χ0) is 12.8. The molecule has 0 radical (unpaired) electrons. The lowest BCUT2D eigenvalue weighted by molar-refractivity contribution is -0.143. The Labute approximate surface area is 107 Å². The lowest BCUT2D eigenvalue weighted by atomic mass is 10.1. The van der Waals surface area contributed by atoms with Gasteiger partial charge in [0.1, 0.15) is 5.57 Å². The zero-order valence-corrected chi connectivity index (χ0v) is 10.7. The highest BCUT2D eigenvalue weighted by atomic mass is 79.9. The summed E-state index contributed by atoms with van der Waals surface area (Å²) < 4.78 is 5.39. The first-order chi connectivity index (χ1) is 8.06. The Hall–Kier alpha value is -1.62. The van der Waals surface area contributed by atoms with Crippen molar-refractivity contribution in [2.75, 3.05) is 6.61 Å². The predicted octanol–water partition coefficient (Wildman–Crippen LogP) is 2.48. The predicted molar refractivity (Wildman–Crippen MR) is 66.4 cm³/mol. The van der Waals surface area contributed by atoms with Crippen LogP contribution >= 0.6 is 15.9 Å². The molecule has 0 aromatic heterocycles. The molecule has 0 spiro atoms. The van der Waals surface area contributed by atoms with E-state index in [-0.39, 0.29) is 6.61 Å². The minimum atomic E-state index is -1.31. The first-order valence-electron chi connectivity index (χ1n) is 4.93. The molecular formula is C12H11BrO4. The second-order valence-corrected chi connectivity index (χ2v) is 3.96. The molecule has 0 fully saturated rings. The summed E-state index contributed by atoms with van der Waals surface area (Å²) in [5.74, 6) is -2.14. The number of carbonyl (C=O) groups is 2. The lowest BCUT2D eigenvalue weighted by Gasteiger charge is -2.03. The van der Waals surface area contributed by atoms with Crippen LogP contribution in [-0.4, -0.2) is 23.7 Å². The van der Waals surface area contributed by atoms with Gasteiger partial charge in [0.05, 0.1) is 6.61 Å². The van der Waals surface area contributed by atoms with Crippen molar-refractivity contribution in [3.05, 3.63) is 39.9 Å². The van der Waals surface area contributed by atoms with Gasteiger partial charge < -0.3 is 9.84 Å². The molecule has 5 heteroatoms. The molecule has 0 aliphatic heterocycles. The summed E-state index contributed by atoms with van der Waals surface area (Å²) in [6.07, 6.45) is 1.28. The van der Waals surface area contributed by atoms with Gasteiger partial charge in [0, 0.05) is 4.47 Å². The van der Waals surface area contributed by atoms with Crippen LogP contribution in [0.4, 0.5) is 0 Å². The number of hydrogen-bond acceptors (Lipinski definition) is 3. The van der Waals surface area contributed by atoms with Crippen molar-refractivity contribution in [2.45, 2.75) is 6.92 Å². The van der Waals surface area contributed by atoms with Crippen LogP contribution in [0.5, 0.6) is 0 Å². The van der Waals surface area contributed by atoms with Gasteiger partial charge in [-0.05, 0) is 24.6 Å². The molecule has 0 aliphatic carbocycles. The molecule has 1 N–H and O–H groups in total. The third-order valence-corrected chi connectivity index (χ3v) is 2.65. The molecule has 0 saturated carbocycles. The van der Waals surface area contributed by atoms with Gasteiger partial charge >= 0.3 is 11.9 Å². The highest BCUT2D eigenvalue weighted by Crippen LogP contribution is 2.19. The number of esters is 1. The van der Waals surface area contributed by atoms with Crippen molar-refractivity contribution in [1.82, 2.24) is 0 Å². The fourth-order valence-electron chi connectivity index (χ4n) is 1.16. The van der Waals surface area contributed by atoms with E-state index in [0.29, 0.717) is 10.0 Å². The van der Waals surface area contributed by atoms with E-state index < -0.39 is 17.5 Å². The molecule has 1 aromatic carbocycles. The topological polar surface area (TPSA) is 63.6 Å². The molecule has 90 valence electrons. The van der Waals surface area contributed by atoms with Gasteiger partial charge in [-0.3, -0.25) is 0 Å². The molecule has 0 unspecified atom stereocenters. The number of carbonyl (C=O) groups excluding carboxylic acids is 1. The molecule has 0 bridgehead atoms. The highest BCUT2D eigenvalue weighted by molar-refractivity contribution is 9.10. The van der Waals surface area contributed by atoms with Crippen molar-refractivity contribution >= 4 is 33.9 Å². The number of aliphatic carboxylic acids is 1. The molecule has 1 rings (SSSR count). The Bertz CT molecular complexity index is 465. The average molecular weight is 299 g/mol. The number of benzene rings is 1. The standard InChI is InChI=1S/C12H11BrO4/c1-2-17-12(16)9(11(14)15)7-8-5-3-4-6-10(8)13/h3-7H,2H2,1H3,(H,14,15). The monoisotopic (exact) mass is 298 g/mol. The number of carboxylic acids is 1. The summed E-state index contributed by atoms with van der Waals surface area (Å²) in [6.45, 7) is 1.76. The lowest BCUT2D eigenvalue weighted by Crippen LogP contribution is -2.15. The van der Waals surface area contributed by atoms with Crippen LogP contribution in [0.25, 0.3) is 6.08 Å². The quantitative estimate of drug-likeness (QED) is 0.401. The molecule has 0 aliphatic rings. The van der Waals surface area contributed by atoms with E-state index in [4.69, 9.17) is 5.11 Å². The Morgan fingerprint density at radius 3 is 2.59 bits per heavy atom. The van der Waals surface area contributed by atoms with Crippen molar-refractivity contribution in [3.8, 4) is 0 Å². The molecular weight excluding hydrogens is 288 g/mol. The molecule has 0 atom stereocenters. The maximum absolute atomic E-state index is 11.4. The van der Waals surface area contributed by atoms with Gasteiger partial charge in [0.25, 0.3) is 0 Å². The van der Waals surface area contributed by atoms with Gasteiger partial charge in [0.2, 0.25) is 0 Å². The van der Waals surface area contributed by atoms with Gasteiger partial charge in [-0.2, -0.15) is 0 Å². The number of ether oxygens (including phenoxy) is 1.